The fourth-order valence-electron chi connectivity index (χ4n) is 16.4. The monoisotopic (exact) mass is 1100 g/mol. The first-order chi connectivity index (χ1) is 36.1. The molecule has 8 fully saturated rings. The van der Waals surface area contributed by atoms with Crippen LogP contribution in [0.5, 0.6) is 0 Å². The van der Waals surface area contributed by atoms with E-state index in [1.807, 2.05) is 6.92 Å². The summed E-state index contributed by atoms with van der Waals surface area (Å²) in [6, 6.07) is 0. The first-order valence-electron chi connectivity index (χ1n) is 27.9. The van der Waals surface area contributed by atoms with Gasteiger partial charge in [0.15, 0.2) is 18.9 Å². The molecule has 77 heavy (non-hydrogen) atoms. The lowest BCUT2D eigenvalue weighted by Crippen LogP contribution is -2.67. The fraction of sp³-hybridized carbons (Fsp3) is 0.944. The highest BCUT2D eigenvalue weighted by molar-refractivity contribution is 5.79. The van der Waals surface area contributed by atoms with Crippen molar-refractivity contribution in [2.45, 2.75) is 242 Å². The number of allylic oxidation sites excluding steroid dienone is 2. The zero-order valence-electron chi connectivity index (χ0n) is 45.3. The van der Waals surface area contributed by atoms with Gasteiger partial charge < -0.3 is 109 Å². The molecule has 4 aliphatic heterocycles. The van der Waals surface area contributed by atoms with Crippen LogP contribution in [0.3, 0.4) is 0 Å². The van der Waals surface area contributed by atoms with Crippen molar-refractivity contribution in [3.05, 3.63) is 11.6 Å². The molecule has 0 bridgehead atoms. The van der Waals surface area contributed by atoms with Crippen molar-refractivity contribution in [1.82, 2.24) is 0 Å². The zero-order chi connectivity index (χ0) is 56.3. The van der Waals surface area contributed by atoms with Crippen LogP contribution in [0.1, 0.15) is 113 Å². The lowest BCUT2D eigenvalue weighted by molar-refractivity contribution is -0.361. The van der Waals surface area contributed by atoms with E-state index in [9.17, 15) is 71.5 Å². The van der Waals surface area contributed by atoms with E-state index in [2.05, 4.69) is 40.7 Å². The maximum atomic E-state index is 15.1. The third-order valence-corrected chi connectivity index (χ3v) is 21.5. The average molecular weight is 1110 g/mol. The predicted octanol–water partition coefficient (Wildman–Crippen LogP) is -2.04. The number of ether oxygens (including phenoxy) is 8. The van der Waals surface area contributed by atoms with Gasteiger partial charge >= 0.3 is 5.97 Å². The Bertz CT molecular complexity index is 2110. The Balaban J connectivity index is 0.899. The molecule has 23 nitrogen and oxygen atoms in total. The third kappa shape index (κ3) is 9.80. The van der Waals surface area contributed by atoms with Gasteiger partial charge in [-0.15, -0.1) is 0 Å². The zero-order valence-corrected chi connectivity index (χ0v) is 45.3. The highest BCUT2D eigenvalue weighted by atomic mass is 16.8. The van der Waals surface area contributed by atoms with E-state index < -0.39 is 166 Å². The lowest BCUT2D eigenvalue weighted by atomic mass is 9.33. The van der Waals surface area contributed by atoms with Crippen molar-refractivity contribution in [2.75, 3.05) is 26.4 Å². The Morgan fingerprint density at radius 1 is 0.584 bits per heavy atom. The SMILES string of the molecule is C[C@@H]1O[C@H](O[C@@H]2[C@@H](O)[C@H](O)[C@@H](OC[C@@H]3O[C@H](OC(=O)[C@]45CCC(C)(C)C[C@H]4C4=CC[C@H]6[C@]7(C)CC[C@H](O[C@H]8O[C@@H](CO)[C@H](O)[C@@H](O)[C@@H]8O)[C@@](C)(CO)[C@H]7CC[C@]6(C)[C@@]4(C)CC5)[C@@H](O)[C@H](O)[C@H]3O)O[C@H]2CO)[C@@H](O)[C@H](O)[C@H]1O. The minimum atomic E-state index is -1.89. The lowest BCUT2D eigenvalue weighted by Gasteiger charge is -2.71. The molecule has 0 amide bonds. The molecule has 29 atom stereocenters. The molecule has 5 aliphatic carbocycles. The van der Waals surface area contributed by atoms with Crippen LogP contribution >= 0.6 is 0 Å². The molecule has 4 saturated carbocycles. The molecule has 4 heterocycles. The van der Waals surface area contributed by atoms with Gasteiger partial charge in [0.05, 0.1) is 44.1 Å². The Labute approximate surface area is 449 Å². The number of aliphatic hydroxyl groups excluding tert-OH is 14. The van der Waals surface area contributed by atoms with Gasteiger partial charge in [0.25, 0.3) is 0 Å². The number of rotatable bonds is 12. The quantitative estimate of drug-likeness (QED) is 0.0569. The minimum absolute atomic E-state index is 0.0249. The molecule has 4 saturated heterocycles. The van der Waals surface area contributed by atoms with Crippen LogP contribution in [-0.4, -0.2) is 233 Å². The van der Waals surface area contributed by atoms with E-state index in [0.717, 1.165) is 19.3 Å². The molecule has 0 radical (unpaired) electrons. The Morgan fingerprint density at radius 2 is 1.16 bits per heavy atom. The summed E-state index contributed by atoms with van der Waals surface area (Å²) in [5.74, 6) is -0.744. The van der Waals surface area contributed by atoms with Crippen molar-refractivity contribution >= 4 is 5.97 Å². The second kappa shape index (κ2) is 21.8. The van der Waals surface area contributed by atoms with E-state index in [-0.39, 0.29) is 46.0 Å². The van der Waals surface area contributed by atoms with Crippen LogP contribution in [0, 0.1) is 50.2 Å². The number of aliphatic hydroxyl groups is 14. The van der Waals surface area contributed by atoms with Crippen LogP contribution in [0.4, 0.5) is 0 Å². The van der Waals surface area contributed by atoms with E-state index in [0.29, 0.717) is 44.9 Å². The molecule has 0 aromatic rings. The molecular formula is C54H88O23. The largest absolute Gasteiger partial charge is 0.432 e. The van der Waals surface area contributed by atoms with Crippen molar-refractivity contribution < 1.29 is 114 Å². The molecule has 9 rings (SSSR count). The van der Waals surface area contributed by atoms with E-state index >= 15 is 4.79 Å². The van der Waals surface area contributed by atoms with Gasteiger partial charge in [0.1, 0.15) is 91.6 Å². The van der Waals surface area contributed by atoms with Gasteiger partial charge in [-0.25, -0.2) is 0 Å². The summed E-state index contributed by atoms with van der Waals surface area (Å²) in [6.07, 6.45) is -23.6. The van der Waals surface area contributed by atoms with Crippen molar-refractivity contribution in [3.8, 4) is 0 Å². The maximum absolute atomic E-state index is 15.1. The number of carbonyl (C=O) groups excluding carboxylic acids is 1. The number of esters is 1. The summed E-state index contributed by atoms with van der Waals surface area (Å²) in [7, 11) is 0. The van der Waals surface area contributed by atoms with Gasteiger partial charge in [0, 0.05) is 5.41 Å². The Kier molecular flexibility index (Phi) is 17.0. The number of carbonyl (C=O) groups is 1. The number of hydrogen-bond acceptors (Lipinski definition) is 23. The average Bonchev–Trinajstić information content (AvgIpc) is 3.53. The second-order valence-corrected chi connectivity index (χ2v) is 26.1. The van der Waals surface area contributed by atoms with E-state index in [1.54, 1.807) is 0 Å². The summed E-state index contributed by atoms with van der Waals surface area (Å²) in [6.45, 7) is 12.6. The summed E-state index contributed by atoms with van der Waals surface area (Å²) in [5.41, 5.74) is -1.70. The van der Waals surface area contributed by atoms with Gasteiger partial charge in [-0.1, -0.05) is 53.2 Å². The summed E-state index contributed by atoms with van der Waals surface area (Å²) in [4.78, 5) is 15.1. The van der Waals surface area contributed by atoms with E-state index in [1.165, 1.54) is 12.5 Å². The van der Waals surface area contributed by atoms with Gasteiger partial charge in [-0.3, -0.25) is 4.79 Å². The maximum Gasteiger partial charge on any atom is 0.315 e. The summed E-state index contributed by atoms with van der Waals surface area (Å²) >= 11 is 0. The fourth-order valence-corrected chi connectivity index (χ4v) is 16.4. The standard InChI is InChI=1S/C54H88O23/c1-23-32(58)35(61)39(65)45(71-23)76-43-27(20-56)73-44(42(68)38(43)64)70-21-28-34(60)37(63)41(67)47(74-28)77-48(69)54-16-14-49(2,3)18-25(54)24-8-9-30-50(4)12-11-31(75-46-40(66)36(62)33(59)26(19-55)72-46)51(5,22-57)29(50)10-13-53(30,7)52(24,6)15-17-54/h8,23,25-47,55-68H,9-22H2,1-7H3/t23-,25-,26-,27-,28-,29-,30-,31-,32-,33-,34-,35+,36+,37+,38-,39-,40-,41-,42-,43-,44-,45+,46+,47+,50+,51-,52-,53-,54-/m0/s1. The van der Waals surface area contributed by atoms with Crippen LogP contribution < -0.4 is 0 Å². The van der Waals surface area contributed by atoms with Crippen LogP contribution in [0.25, 0.3) is 0 Å². The highest BCUT2D eigenvalue weighted by Crippen LogP contribution is 2.76. The predicted molar refractivity (Wildman–Crippen MR) is 263 cm³/mol. The van der Waals surface area contributed by atoms with Crippen LogP contribution in [0.2, 0.25) is 0 Å². The van der Waals surface area contributed by atoms with Crippen LogP contribution in [0.15, 0.2) is 11.6 Å². The van der Waals surface area contributed by atoms with Crippen LogP contribution in [-0.2, 0) is 42.7 Å². The van der Waals surface area contributed by atoms with Gasteiger partial charge in [0.2, 0.25) is 6.29 Å². The number of fused-ring (bicyclic) bond motifs is 7. The van der Waals surface area contributed by atoms with Gasteiger partial charge in [-0.2, -0.15) is 0 Å². The highest BCUT2D eigenvalue weighted by Gasteiger charge is 2.71. The Morgan fingerprint density at radius 3 is 1.81 bits per heavy atom. The molecular weight excluding hydrogens is 1020 g/mol. The number of hydrogen-bond donors (Lipinski definition) is 14. The molecule has 14 N–H and O–H groups in total. The van der Waals surface area contributed by atoms with Gasteiger partial charge in [-0.05, 0) is 111 Å². The van der Waals surface area contributed by atoms with Crippen molar-refractivity contribution in [3.63, 3.8) is 0 Å². The molecule has 0 unspecified atom stereocenters. The minimum Gasteiger partial charge on any atom is -0.432 e. The molecule has 23 heteroatoms. The topological polar surface area (TPSA) is 374 Å². The molecule has 442 valence electrons. The Hall–Kier alpha value is -1.63. The molecule has 9 aliphatic rings. The second-order valence-electron chi connectivity index (χ2n) is 26.1. The first kappa shape index (κ1) is 60.0. The first-order valence-corrected chi connectivity index (χ1v) is 27.9. The molecule has 0 spiro atoms. The molecule has 0 aromatic carbocycles. The van der Waals surface area contributed by atoms with Crippen molar-refractivity contribution in [1.29, 1.82) is 0 Å². The summed E-state index contributed by atoms with van der Waals surface area (Å²) in [5, 5.41) is 150. The summed E-state index contributed by atoms with van der Waals surface area (Å²) < 4.78 is 47.1. The smallest absolute Gasteiger partial charge is 0.315 e. The molecule has 0 aromatic heterocycles. The normalized spacial score (nSPS) is 54.7. The third-order valence-electron chi connectivity index (χ3n) is 21.5. The van der Waals surface area contributed by atoms with E-state index in [4.69, 9.17) is 37.9 Å². The van der Waals surface area contributed by atoms with Crippen molar-refractivity contribution in [2.24, 2.45) is 50.2 Å².